The molecule has 1 unspecified atom stereocenters. The highest BCUT2D eigenvalue weighted by molar-refractivity contribution is 7.91. The Morgan fingerprint density at radius 3 is 2.37 bits per heavy atom. The molecule has 0 saturated heterocycles. The molecule has 1 aliphatic carbocycles. The van der Waals surface area contributed by atoms with Crippen LogP contribution in [0, 0.1) is 5.92 Å². The van der Waals surface area contributed by atoms with Gasteiger partial charge in [0, 0.05) is 6.04 Å². The fourth-order valence-electron chi connectivity index (χ4n) is 2.98. The molecule has 1 fully saturated rings. The van der Waals surface area contributed by atoms with Gasteiger partial charge in [-0.25, -0.2) is 8.42 Å². The minimum Gasteiger partial charge on any atom is -0.313 e. The molecule has 0 radical (unpaired) electrons. The first kappa shape index (κ1) is 17.0. The Balaban J connectivity index is 2.49. The van der Waals surface area contributed by atoms with Crippen LogP contribution in [-0.4, -0.2) is 32.5 Å². The van der Waals surface area contributed by atoms with Gasteiger partial charge in [0.1, 0.15) is 0 Å². The van der Waals surface area contributed by atoms with E-state index in [1.54, 1.807) is 0 Å². The van der Waals surface area contributed by atoms with Crippen LogP contribution in [0.3, 0.4) is 0 Å². The molecular formula is C15H31NO2S. The molecule has 0 aromatic rings. The van der Waals surface area contributed by atoms with Crippen molar-refractivity contribution in [2.45, 2.75) is 71.3 Å². The molecule has 0 aromatic carbocycles. The number of sulfone groups is 1. The molecule has 1 saturated carbocycles. The van der Waals surface area contributed by atoms with Crippen LogP contribution >= 0.6 is 0 Å². The van der Waals surface area contributed by atoms with Gasteiger partial charge in [0.25, 0.3) is 0 Å². The summed E-state index contributed by atoms with van der Waals surface area (Å²) in [5, 5.41) is 3.48. The Morgan fingerprint density at radius 1 is 1.11 bits per heavy atom. The molecule has 0 bridgehead atoms. The Labute approximate surface area is 119 Å². The van der Waals surface area contributed by atoms with Crippen molar-refractivity contribution in [1.29, 1.82) is 0 Å². The summed E-state index contributed by atoms with van der Waals surface area (Å²) in [5.41, 5.74) is 0. The minimum atomic E-state index is -2.88. The molecule has 0 heterocycles. The maximum Gasteiger partial charge on any atom is 0.151 e. The highest BCUT2D eigenvalue weighted by atomic mass is 32.2. The third-order valence-corrected chi connectivity index (χ3v) is 5.90. The maximum absolute atomic E-state index is 12.2. The van der Waals surface area contributed by atoms with Crippen molar-refractivity contribution in [1.82, 2.24) is 5.32 Å². The summed E-state index contributed by atoms with van der Waals surface area (Å²) >= 11 is 0. The molecule has 4 heteroatoms. The lowest BCUT2D eigenvalue weighted by Crippen LogP contribution is -2.41. The van der Waals surface area contributed by atoms with Gasteiger partial charge in [-0.1, -0.05) is 39.5 Å². The lowest BCUT2D eigenvalue weighted by Gasteiger charge is -2.24. The average Bonchev–Trinajstić information content (AvgIpc) is 2.88. The number of unbranched alkanes of at least 4 members (excludes halogenated alkanes) is 2. The normalized spacial score (nSPS) is 18.8. The lowest BCUT2D eigenvalue weighted by atomic mass is 10.00. The van der Waals surface area contributed by atoms with E-state index in [0.717, 1.165) is 32.2 Å². The summed E-state index contributed by atoms with van der Waals surface area (Å²) < 4.78 is 24.4. The van der Waals surface area contributed by atoms with Crippen LogP contribution < -0.4 is 5.32 Å². The van der Waals surface area contributed by atoms with Crippen LogP contribution in [0.15, 0.2) is 0 Å². The first-order valence-corrected chi connectivity index (χ1v) is 9.85. The van der Waals surface area contributed by atoms with E-state index >= 15 is 0 Å². The monoisotopic (exact) mass is 289 g/mol. The van der Waals surface area contributed by atoms with E-state index in [1.165, 1.54) is 25.7 Å². The van der Waals surface area contributed by atoms with Crippen molar-refractivity contribution >= 4 is 9.84 Å². The number of rotatable bonds is 10. The Hall–Kier alpha value is -0.0900. The summed E-state index contributed by atoms with van der Waals surface area (Å²) in [5.74, 6) is 1.30. The zero-order chi connectivity index (χ0) is 14.1. The zero-order valence-corrected chi connectivity index (χ0v) is 13.5. The SMILES string of the molecule is CCCCCS(=O)(=O)CC(NCCC)C1CCCC1. The second-order valence-electron chi connectivity index (χ2n) is 5.93. The van der Waals surface area contributed by atoms with Crippen LogP contribution in [0.5, 0.6) is 0 Å². The van der Waals surface area contributed by atoms with Crippen LogP contribution in [-0.2, 0) is 9.84 Å². The van der Waals surface area contributed by atoms with Crippen molar-refractivity contribution in [2.24, 2.45) is 5.92 Å². The van der Waals surface area contributed by atoms with Crippen molar-refractivity contribution in [2.75, 3.05) is 18.1 Å². The largest absolute Gasteiger partial charge is 0.313 e. The molecule has 0 amide bonds. The third kappa shape index (κ3) is 6.75. The van der Waals surface area contributed by atoms with Gasteiger partial charge in [-0.3, -0.25) is 0 Å². The first-order valence-electron chi connectivity index (χ1n) is 8.03. The van der Waals surface area contributed by atoms with E-state index in [-0.39, 0.29) is 6.04 Å². The zero-order valence-electron chi connectivity index (χ0n) is 12.7. The fraction of sp³-hybridized carbons (Fsp3) is 1.00. The molecule has 0 aromatic heterocycles. The fourth-order valence-corrected chi connectivity index (χ4v) is 4.73. The van der Waals surface area contributed by atoms with Crippen molar-refractivity contribution in [3.05, 3.63) is 0 Å². The smallest absolute Gasteiger partial charge is 0.151 e. The third-order valence-electron chi connectivity index (χ3n) is 4.12. The maximum atomic E-state index is 12.2. The molecular weight excluding hydrogens is 258 g/mol. The molecule has 1 aliphatic rings. The summed E-state index contributed by atoms with van der Waals surface area (Å²) in [6.45, 7) is 5.18. The van der Waals surface area contributed by atoms with Crippen molar-refractivity contribution < 1.29 is 8.42 Å². The molecule has 0 spiro atoms. The molecule has 114 valence electrons. The number of nitrogens with one attached hydrogen (secondary N) is 1. The van der Waals surface area contributed by atoms with Gasteiger partial charge in [-0.2, -0.15) is 0 Å². The Kier molecular flexibility index (Phi) is 8.00. The van der Waals surface area contributed by atoms with Gasteiger partial charge in [0.05, 0.1) is 11.5 Å². The Morgan fingerprint density at radius 2 is 1.79 bits per heavy atom. The average molecular weight is 289 g/mol. The van der Waals surface area contributed by atoms with Crippen LogP contribution in [0.2, 0.25) is 0 Å². The second kappa shape index (κ2) is 8.96. The highest BCUT2D eigenvalue weighted by Gasteiger charge is 2.28. The van der Waals surface area contributed by atoms with E-state index in [9.17, 15) is 8.42 Å². The van der Waals surface area contributed by atoms with Crippen molar-refractivity contribution in [3.63, 3.8) is 0 Å². The topological polar surface area (TPSA) is 46.2 Å². The van der Waals surface area contributed by atoms with Crippen molar-refractivity contribution in [3.8, 4) is 0 Å². The number of hydrogen-bond donors (Lipinski definition) is 1. The molecule has 3 nitrogen and oxygen atoms in total. The van der Waals surface area contributed by atoms with Gasteiger partial charge >= 0.3 is 0 Å². The standard InChI is InChI=1S/C15H31NO2S/c1-3-5-8-12-19(17,18)13-15(16-11-4-2)14-9-6-7-10-14/h14-16H,3-13H2,1-2H3. The first-order chi connectivity index (χ1) is 9.09. The van der Waals surface area contributed by atoms with Gasteiger partial charge < -0.3 is 5.32 Å². The molecule has 1 N–H and O–H groups in total. The predicted octanol–water partition coefficient (Wildman–Crippen LogP) is 3.15. The molecule has 1 rings (SSSR count). The van der Waals surface area contributed by atoms with Gasteiger partial charge in [-0.15, -0.1) is 0 Å². The van der Waals surface area contributed by atoms with Gasteiger partial charge in [-0.05, 0) is 38.1 Å². The minimum absolute atomic E-state index is 0.189. The predicted molar refractivity (Wildman–Crippen MR) is 82.2 cm³/mol. The Bertz CT molecular complexity index is 321. The highest BCUT2D eigenvalue weighted by Crippen LogP contribution is 2.28. The quantitative estimate of drug-likeness (QED) is 0.628. The van der Waals surface area contributed by atoms with E-state index in [4.69, 9.17) is 0 Å². The molecule has 1 atom stereocenters. The van der Waals surface area contributed by atoms with Gasteiger partial charge in [0.2, 0.25) is 0 Å². The van der Waals surface area contributed by atoms with Gasteiger partial charge in [0.15, 0.2) is 9.84 Å². The lowest BCUT2D eigenvalue weighted by molar-refractivity contribution is 0.382. The second-order valence-corrected chi connectivity index (χ2v) is 8.16. The van der Waals surface area contributed by atoms with E-state index < -0.39 is 9.84 Å². The summed E-state index contributed by atoms with van der Waals surface area (Å²) in [7, 11) is -2.88. The van der Waals surface area contributed by atoms with Crippen LogP contribution in [0.1, 0.15) is 65.2 Å². The van der Waals surface area contributed by atoms with E-state index in [0.29, 0.717) is 17.4 Å². The van der Waals surface area contributed by atoms with Crippen LogP contribution in [0.4, 0.5) is 0 Å². The van der Waals surface area contributed by atoms with E-state index in [1.807, 2.05) is 0 Å². The molecule has 19 heavy (non-hydrogen) atoms. The number of hydrogen-bond acceptors (Lipinski definition) is 3. The van der Waals surface area contributed by atoms with E-state index in [2.05, 4.69) is 19.2 Å². The van der Waals surface area contributed by atoms with Crippen LogP contribution in [0.25, 0.3) is 0 Å². The summed E-state index contributed by atoms with van der Waals surface area (Å²) in [6.07, 6.45) is 8.93. The molecule has 0 aliphatic heterocycles. The summed E-state index contributed by atoms with van der Waals surface area (Å²) in [4.78, 5) is 0. The summed E-state index contributed by atoms with van der Waals surface area (Å²) in [6, 6.07) is 0.189.